The van der Waals surface area contributed by atoms with Gasteiger partial charge in [-0.15, -0.1) is 0 Å². The Labute approximate surface area is 197 Å². The van der Waals surface area contributed by atoms with Crippen molar-refractivity contribution >= 4 is 17.8 Å². The molecule has 0 radical (unpaired) electrons. The van der Waals surface area contributed by atoms with Crippen LogP contribution < -0.4 is 5.32 Å². The first-order chi connectivity index (χ1) is 16.0. The molecule has 1 N–H and O–H groups in total. The second-order valence-corrected chi connectivity index (χ2v) is 9.18. The number of nitrogens with zero attached hydrogens (tertiary/aromatic N) is 1. The Morgan fingerprint density at radius 1 is 1.09 bits per heavy atom. The van der Waals surface area contributed by atoms with Crippen molar-refractivity contribution in [3.8, 4) is 0 Å². The normalized spacial score (nSPS) is 24.0. The highest BCUT2D eigenvalue weighted by atomic mass is 16.5. The molecule has 1 saturated carbocycles. The number of nitrogens with one attached hydrogen (secondary N) is 1. The van der Waals surface area contributed by atoms with Crippen molar-refractivity contribution in [2.75, 3.05) is 6.61 Å². The minimum absolute atomic E-state index is 0.0528. The number of rotatable bonds is 10. The van der Waals surface area contributed by atoms with Gasteiger partial charge in [0, 0.05) is 6.04 Å². The quantitative estimate of drug-likeness (QED) is 0.539. The van der Waals surface area contributed by atoms with E-state index in [9.17, 15) is 14.4 Å². The lowest BCUT2D eigenvalue weighted by atomic mass is 9.84. The van der Waals surface area contributed by atoms with Gasteiger partial charge in [-0.3, -0.25) is 14.9 Å². The number of hydrogen-bond acceptors (Lipinski definition) is 6. The molecule has 5 atom stereocenters. The average molecular weight is 459 g/mol. The molecule has 1 heterocycles. The van der Waals surface area contributed by atoms with Crippen LogP contribution in [0.4, 0.5) is 0 Å². The highest BCUT2D eigenvalue weighted by Gasteiger charge is 2.49. The molecule has 2 fully saturated rings. The predicted molar refractivity (Wildman–Crippen MR) is 125 cm³/mol. The van der Waals surface area contributed by atoms with Crippen molar-refractivity contribution in [3.05, 3.63) is 35.9 Å². The lowest BCUT2D eigenvalue weighted by Gasteiger charge is -2.35. The van der Waals surface area contributed by atoms with Crippen molar-refractivity contribution in [2.24, 2.45) is 5.92 Å². The zero-order chi connectivity index (χ0) is 23.8. The molecule has 2 aliphatic rings. The van der Waals surface area contributed by atoms with Gasteiger partial charge in [0.2, 0.25) is 5.91 Å². The minimum Gasteiger partial charge on any atom is -0.465 e. The number of likely N-dealkylation sites (tertiary alicyclic amines) is 1. The van der Waals surface area contributed by atoms with Crippen LogP contribution in [-0.2, 0) is 30.5 Å². The molecule has 2 unspecified atom stereocenters. The zero-order valence-corrected chi connectivity index (χ0v) is 20.1. The summed E-state index contributed by atoms with van der Waals surface area (Å²) in [5.74, 6) is -0.503. The van der Waals surface area contributed by atoms with E-state index in [1.54, 1.807) is 18.7 Å². The number of ether oxygens (including phenoxy) is 2. The number of esters is 2. The van der Waals surface area contributed by atoms with E-state index in [1.807, 2.05) is 37.3 Å². The predicted octanol–water partition coefficient (Wildman–Crippen LogP) is 3.60. The van der Waals surface area contributed by atoms with E-state index in [-0.39, 0.29) is 30.5 Å². The van der Waals surface area contributed by atoms with Crippen LogP contribution in [0.1, 0.15) is 71.3 Å². The van der Waals surface area contributed by atoms with Gasteiger partial charge < -0.3 is 14.4 Å². The van der Waals surface area contributed by atoms with Crippen LogP contribution >= 0.6 is 0 Å². The molecule has 0 spiro atoms. The van der Waals surface area contributed by atoms with E-state index >= 15 is 0 Å². The standard InChI is InChI=1S/C26H38N2O5/c1-4-11-21(25(30)32-5-2)27-18(3)24(29)28-22-15-10-9-14-20(22)16-23(28)26(31)33-17-19-12-7-6-8-13-19/h6-8,12-13,18,20-23,27H,4-5,9-11,14-17H2,1-3H3/t18-,20?,21-,22?,23-/m0/s1. The molecule has 7 nitrogen and oxygen atoms in total. The third-order valence-corrected chi connectivity index (χ3v) is 6.81. The first kappa shape index (κ1) is 25.2. The maximum absolute atomic E-state index is 13.6. The van der Waals surface area contributed by atoms with Gasteiger partial charge in [-0.05, 0) is 51.0 Å². The maximum atomic E-state index is 13.6. The first-order valence-electron chi connectivity index (χ1n) is 12.4. The molecule has 1 aromatic rings. The third-order valence-electron chi connectivity index (χ3n) is 6.81. The molecule has 1 aromatic carbocycles. The van der Waals surface area contributed by atoms with Crippen LogP contribution in [0.25, 0.3) is 0 Å². The average Bonchev–Trinajstić information content (AvgIpc) is 3.22. The van der Waals surface area contributed by atoms with Gasteiger partial charge in [0.05, 0.1) is 12.6 Å². The van der Waals surface area contributed by atoms with Gasteiger partial charge in [-0.1, -0.05) is 56.5 Å². The van der Waals surface area contributed by atoms with Gasteiger partial charge in [0.15, 0.2) is 0 Å². The summed E-state index contributed by atoms with van der Waals surface area (Å²) in [5.41, 5.74) is 0.922. The summed E-state index contributed by atoms with van der Waals surface area (Å²) in [6, 6.07) is 7.91. The van der Waals surface area contributed by atoms with Crippen molar-refractivity contribution in [3.63, 3.8) is 0 Å². The Morgan fingerprint density at radius 2 is 1.82 bits per heavy atom. The Morgan fingerprint density at radius 3 is 2.52 bits per heavy atom. The van der Waals surface area contributed by atoms with E-state index in [0.29, 0.717) is 25.4 Å². The topological polar surface area (TPSA) is 84.9 Å². The highest BCUT2D eigenvalue weighted by Crippen LogP contribution is 2.40. The van der Waals surface area contributed by atoms with Gasteiger partial charge in [0.1, 0.15) is 18.7 Å². The molecule has 33 heavy (non-hydrogen) atoms. The highest BCUT2D eigenvalue weighted by molar-refractivity contribution is 5.89. The molecular formula is C26H38N2O5. The van der Waals surface area contributed by atoms with E-state index in [1.165, 1.54) is 0 Å². The molecular weight excluding hydrogens is 420 g/mol. The van der Waals surface area contributed by atoms with Crippen LogP contribution in [0.15, 0.2) is 30.3 Å². The SMILES string of the molecule is CCC[C@H](N[C@@H](C)C(=O)N1C2CCCCC2C[C@H]1C(=O)OCc1ccccc1)C(=O)OCC. The molecule has 7 heteroatoms. The van der Waals surface area contributed by atoms with E-state index in [0.717, 1.165) is 37.7 Å². The van der Waals surface area contributed by atoms with Crippen LogP contribution in [0.5, 0.6) is 0 Å². The fourth-order valence-electron chi connectivity index (χ4n) is 5.21. The summed E-state index contributed by atoms with van der Waals surface area (Å²) in [6.45, 7) is 6.03. The summed E-state index contributed by atoms with van der Waals surface area (Å²) >= 11 is 0. The molecule has 1 amide bonds. The molecule has 1 aliphatic heterocycles. The number of benzene rings is 1. The number of carbonyl (C=O) groups excluding carboxylic acids is 3. The second-order valence-electron chi connectivity index (χ2n) is 9.18. The summed E-state index contributed by atoms with van der Waals surface area (Å²) in [6.07, 6.45) is 6.14. The Bertz CT molecular complexity index is 799. The molecule has 0 bridgehead atoms. The smallest absolute Gasteiger partial charge is 0.329 e. The number of amides is 1. The van der Waals surface area contributed by atoms with Crippen molar-refractivity contribution < 1.29 is 23.9 Å². The number of hydrogen-bond donors (Lipinski definition) is 1. The van der Waals surface area contributed by atoms with Crippen molar-refractivity contribution in [1.29, 1.82) is 0 Å². The zero-order valence-electron chi connectivity index (χ0n) is 20.1. The van der Waals surface area contributed by atoms with Gasteiger partial charge in [-0.25, -0.2) is 4.79 Å². The van der Waals surface area contributed by atoms with Crippen LogP contribution in [0.3, 0.4) is 0 Å². The van der Waals surface area contributed by atoms with Crippen molar-refractivity contribution in [2.45, 2.75) is 96.5 Å². The van der Waals surface area contributed by atoms with E-state index in [4.69, 9.17) is 9.47 Å². The molecule has 3 rings (SSSR count). The lowest BCUT2D eigenvalue weighted by Crippen LogP contribution is -2.55. The largest absolute Gasteiger partial charge is 0.465 e. The number of fused-ring (bicyclic) bond motifs is 1. The van der Waals surface area contributed by atoms with Gasteiger partial charge >= 0.3 is 11.9 Å². The monoisotopic (exact) mass is 458 g/mol. The van der Waals surface area contributed by atoms with E-state index in [2.05, 4.69) is 5.32 Å². The maximum Gasteiger partial charge on any atom is 0.329 e. The summed E-state index contributed by atoms with van der Waals surface area (Å²) in [7, 11) is 0. The molecule has 182 valence electrons. The molecule has 0 aromatic heterocycles. The summed E-state index contributed by atoms with van der Waals surface area (Å²) < 4.78 is 10.8. The fraction of sp³-hybridized carbons (Fsp3) is 0.654. The summed E-state index contributed by atoms with van der Waals surface area (Å²) in [4.78, 5) is 40.8. The van der Waals surface area contributed by atoms with Crippen LogP contribution in [0, 0.1) is 5.92 Å². The lowest BCUT2D eigenvalue weighted by molar-refractivity contribution is -0.157. The Hall–Kier alpha value is -2.41. The second kappa shape index (κ2) is 12.2. The fourth-order valence-corrected chi connectivity index (χ4v) is 5.21. The van der Waals surface area contributed by atoms with Crippen LogP contribution in [0.2, 0.25) is 0 Å². The Balaban J connectivity index is 1.72. The van der Waals surface area contributed by atoms with E-state index < -0.39 is 18.1 Å². The number of carbonyl (C=O) groups is 3. The summed E-state index contributed by atoms with van der Waals surface area (Å²) in [5, 5.41) is 3.17. The van der Waals surface area contributed by atoms with Gasteiger partial charge in [0.25, 0.3) is 0 Å². The Kier molecular flexibility index (Phi) is 9.30. The molecule has 1 saturated heterocycles. The van der Waals surface area contributed by atoms with Crippen molar-refractivity contribution in [1.82, 2.24) is 10.2 Å². The molecule has 1 aliphatic carbocycles. The first-order valence-corrected chi connectivity index (χ1v) is 12.4. The van der Waals surface area contributed by atoms with Crippen LogP contribution in [-0.4, -0.2) is 53.5 Å². The van der Waals surface area contributed by atoms with Gasteiger partial charge in [-0.2, -0.15) is 0 Å². The third kappa shape index (κ3) is 6.34. The minimum atomic E-state index is -0.601.